The number of imidazole rings is 3. The minimum Gasteiger partial charge on any atom is -0.387 e. The van der Waals surface area contributed by atoms with E-state index in [1.807, 2.05) is 19.0 Å². The first-order chi connectivity index (χ1) is 58.2. The first-order valence-corrected chi connectivity index (χ1v) is 40.6. The van der Waals surface area contributed by atoms with E-state index in [1.54, 1.807) is 124 Å². The topological polar surface area (TPSA) is 344 Å². The van der Waals surface area contributed by atoms with E-state index in [2.05, 4.69) is 70.6 Å². The molecule has 0 radical (unpaired) electrons. The van der Waals surface area contributed by atoms with Crippen LogP contribution in [0.1, 0.15) is 68.4 Å². The van der Waals surface area contributed by atoms with Gasteiger partial charge in [0.25, 0.3) is 34.4 Å². The minimum absolute atomic E-state index is 0.0647. The molecule has 27 nitrogen and oxygen atoms in total. The molecule has 3 aliphatic rings. The van der Waals surface area contributed by atoms with Gasteiger partial charge < -0.3 is 85.5 Å². The van der Waals surface area contributed by atoms with Crippen molar-refractivity contribution in [2.45, 2.75) is 56.9 Å². The van der Waals surface area contributed by atoms with E-state index >= 15 is 26.3 Å². The summed E-state index contributed by atoms with van der Waals surface area (Å²) in [5.41, 5.74) is 4.91. The zero-order valence-corrected chi connectivity index (χ0v) is 69.8. The van der Waals surface area contributed by atoms with Crippen LogP contribution in [-0.2, 0) is 32.1 Å². The van der Waals surface area contributed by atoms with Crippen molar-refractivity contribution in [3.8, 4) is 34.2 Å². The van der Waals surface area contributed by atoms with Crippen LogP contribution < -0.4 is 32.6 Å². The number of nitrogens with one attached hydrogen (secondary N) is 9. The third-order valence-electron chi connectivity index (χ3n) is 21.8. The van der Waals surface area contributed by atoms with Gasteiger partial charge in [-0.1, -0.05) is 71.2 Å². The molecule has 3 fully saturated rings. The number of carbonyl (C=O) groups is 2. The number of carbonyl (C=O) groups excluding carboxylic acids is 2. The molecule has 2 amide bonds. The van der Waals surface area contributed by atoms with Crippen molar-refractivity contribution in [2.75, 3.05) is 155 Å². The Morgan fingerprint density at radius 1 is 0.459 bits per heavy atom. The van der Waals surface area contributed by atoms with Gasteiger partial charge in [-0.2, -0.15) is 26.3 Å². The van der Waals surface area contributed by atoms with Crippen LogP contribution in [0.2, 0.25) is 15.1 Å². The first kappa shape index (κ1) is 88.8. The molecular weight excluding hydrogens is 1650 g/mol. The second-order valence-electron chi connectivity index (χ2n) is 30.6. The highest BCUT2D eigenvalue weighted by Crippen LogP contribution is 2.40. The fourth-order valence-electron chi connectivity index (χ4n) is 14.9. The number of aryl methyl sites for hydroxylation is 3. The van der Waals surface area contributed by atoms with Crippen LogP contribution in [0.25, 0.3) is 67.3 Å². The lowest BCUT2D eigenvalue weighted by Crippen LogP contribution is -2.53. The van der Waals surface area contributed by atoms with Gasteiger partial charge in [0.05, 0.1) is 81.6 Å². The third kappa shape index (κ3) is 20.5. The average Bonchev–Trinajstić information content (AvgIpc) is 1.63. The Hall–Kier alpha value is -11.0. The molecule has 0 spiro atoms. The summed E-state index contributed by atoms with van der Waals surface area (Å²) in [7, 11) is 5.47. The molecule has 644 valence electrons. The van der Waals surface area contributed by atoms with Gasteiger partial charge in [-0.15, -0.1) is 0 Å². The predicted molar refractivity (Wildman–Crippen MR) is 460 cm³/mol. The maximum absolute atomic E-state index is 15.6. The lowest BCUT2D eigenvalue weighted by Gasteiger charge is -2.36. The number of hydrogen-bond acceptors (Lipinski definition) is 19. The fraction of sp³-hybridized carbons (Fsp3) is 0.349. The Morgan fingerprint density at radius 2 is 0.779 bits per heavy atom. The van der Waals surface area contributed by atoms with Crippen LogP contribution in [-0.4, -0.2) is 240 Å². The second kappa shape index (κ2) is 38.2. The molecule has 12 N–H and O–H groups in total. The Balaban J connectivity index is 0.000000158. The monoisotopic (exact) mass is 1740 g/mol. The first-order valence-electron chi connectivity index (χ1n) is 39.5. The zero-order chi connectivity index (χ0) is 87.1. The van der Waals surface area contributed by atoms with E-state index < -0.39 is 75.7 Å². The smallest absolute Gasteiger partial charge is 0.350 e. The molecule has 12 aromatic rings. The summed E-state index contributed by atoms with van der Waals surface area (Å²) in [6, 6.07) is 33.3. The predicted octanol–water partition coefficient (Wildman–Crippen LogP) is 12.2. The third-order valence-corrected chi connectivity index (χ3v) is 22.6. The molecule has 6 aromatic heterocycles. The molecule has 3 saturated heterocycles. The number of amides is 2. The van der Waals surface area contributed by atoms with Crippen molar-refractivity contribution in [1.29, 1.82) is 0 Å². The number of H-pyrrole nitrogens is 6. The summed E-state index contributed by atoms with van der Waals surface area (Å²) in [6.45, 7) is 11.7. The molecule has 3 aliphatic heterocycles. The van der Waals surface area contributed by atoms with Gasteiger partial charge in [0, 0.05) is 162 Å². The van der Waals surface area contributed by atoms with Gasteiger partial charge in [0.1, 0.15) is 34.2 Å². The molecule has 36 heteroatoms. The fourth-order valence-corrected chi connectivity index (χ4v) is 15.5. The van der Waals surface area contributed by atoms with Crippen LogP contribution in [0.3, 0.4) is 0 Å². The lowest BCUT2D eigenvalue weighted by atomic mass is 10.0. The standard InChI is InChI=1S/C30H33ClF2N6O4.C28H29ClF2N6O3.C28H31ClF2N6O2/c1-18-14-20(30(32,33)29(42)39-10-8-38(9-11-39)12-13-43-2)16-23-26(18)37-27(36-23)25-22(6-7-34-28(25)41)35-17-24(40)19-4-3-5-21(31)15-19;1-16-12-18(28(30,31)27(40)37-10-8-36(2)9-11-37)14-21-24(16)35-25(34-21)23-20(6-7-32-26(23)39)33-15-22(38)17-4-3-5-19(29)13-17;1-17-12-19(28(30,31)16-37-10-8-36(2)9-11-37)14-22-25(17)35-26(34-22)24-21(6-7-32-27(24)39)33-15-23(38)18-4-3-5-20(29)13-18/h3-7,14-16,24,40H,8-13,17H2,1-2H3,(H,36,37)(H2,34,35,41);3-7,12-14,22,38H,8-11,15H2,1-2H3,(H,34,35)(H2,32,33,39);3-7,12-14,23,38H,8-11,15-16H2,1-2H3,(H,34,35)(H2,32,33,39)/t24-;22-;23-/m000/s1. The number of halogens is 9. The minimum atomic E-state index is -3.76. The lowest BCUT2D eigenvalue weighted by molar-refractivity contribution is -0.161. The number of pyridine rings is 3. The summed E-state index contributed by atoms with van der Waals surface area (Å²) in [5.74, 6) is -12.5. The number of alkyl halides is 6. The van der Waals surface area contributed by atoms with E-state index in [0.29, 0.717) is 140 Å². The number of methoxy groups -OCH3 is 1. The van der Waals surface area contributed by atoms with Gasteiger partial charge in [-0.3, -0.25) is 33.8 Å². The number of likely N-dealkylation sites (N-methyl/N-ethyl adjacent to an activating group) is 2. The highest BCUT2D eigenvalue weighted by molar-refractivity contribution is 6.31. The van der Waals surface area contributed by atoms with E-state index in [1.165, 1.54) is 64.8 Å². The molecule has 6 aromatic carbocycles. The number of aliphatic hydroxyl groups excluding tert-OH is 3. The number of aromatic nitrogens is 9. The van der Waals surface area contributed by atoms with Crippen LogP contribution in [0.4, 0.5) is 43.4 Å². The molecule has 0 unspecified atom stereocenters. The van der Waals surface area contributed by atoms with E-state index in [0.717, 1.165) is 13.1 Å². The normalized spacial score (nSPS) is 15.5. The summed E-state index contributed by atoms with van der Waals surface area (Å²) in [6.07, 6.45) is 1.70. The number of anilines is 3. The van der Waals surface area contributed by atoms with E-state index in [4.69, 9.17) is 39.5 Å². The number of nitrogens with zero attached hydrogens (tertiary/aromatic N) is 9. The van der Waals surface area contributed by atoms with Crippen molar-refractivity contribution >= 4 is 96.8 Å². The molecule has 3 atom stereocenters. The number of benzene rings is 6. The maximum atomic E-state index is 15.6. The SMILES string of the molecule is COCCN1CCN(C(=O)C(F)(F)c2cc(C)c3nc(-c4c(NC[C@H](O)c5cccc(Cl)c5)cc[nH]c4=O)[nH]c3c2)CC1.Cc1cc(C(F)(F)C(=O)N2CCN(C)CC2)cc2[nH]c(-c3c(NC[C@H](O)c4cccc(Cl)c4)cc[nH]c3=O)nc12.Cc1cc(C(F)(F)CN2CCN(C)CC2)cc2[nH]c(-c3c(NC[C@H](O)c4cccc(Cl)c4)cc[nH]c3=O)nc12. The highest BCUT2D eigenvalue weighted by atomic mass is 35.5. The largest absolute Gasteiger partial charge is 0.387 e. The number of rotatable bonds is 25. The van der Waals surface area contributed by atoms with Crippen LogP contribution >= 0.6 is 34.8 Å². The maximum Gasteiger partial charge on any atom is 0.350 e. The van der Waals surface area contributed by atoms with Gasteiger partial charge in [-0.05, 0) is 159 Å². The summed E-state index contributed by atoms with van der Waals surface area (Å²) >= 11 is 18.1. The van der Waals surface area contributed by atoms with E-state index in [9.17, 15) is 39.3 Å². The molecular formula is C86H93Cl3F6N18O9. The molecule has 15 rings (SSSR count). The van der Waals surface area contributed by atoms with Crippen molar-refractivity contribution in [1.82, 2.24) is 74.3 Å². The summed E-state index contributed by atoms with van der Waals surface area (Å²) < 4.78 is 97.8. The van der Waals surface area contributed by atoms with Crippen molar-refractivity contribution < 1.29 is 56.0 Å². The van der Waals surface area contributed by atoms with Crippen LogP contribution in [0.15, 0.2) is 160 Å². The zero-order valence-electron chi connectivity index (χ0n) is 67.5. The second-order valence-corrected chi connectivity index (χ2v) is 31.9. The summed E-state index contributed by atoms with van der Waals surface area (Å²) in [5, 5.41) is 42.6. The van der Waals surface area contributed by atoms with Crippen molar-refractivity contribution in [3.63, 3.8) is 0 Å². The van der Waals surface area contributed by atoms with Crippen LogP contribution in [0, 0.1) is 20.8 Å². The molecule has 0 saturated carbocycles. The molecule has 0 bridgehead atoms. The number of ether oxygens (including phenoxy) is 1. The molecule has 122 heavy (non-hydrogen) atoms. The van der Waals surface area contributed by atoms with Gasteiger partial charge in [0.15, 0.2) is 0 Å². The Kier molecular flexibility index (Phi) is 27.8. The average molecular weight is 1740 g/mol. The Morgan fingerprint density at radius 3 is 1.12 bits per heavy atom. The molecule has 0 aliphatic carbocycles. The Labute approximate surface area is 711 Å². The van der Waals surface area contributed by atoms with E-state index in [-0.39, 0.29) is 103 Å². The molecule has 9 heterocycles. The van der Waals surface area contributed by atoms with Crippen LogP contribution in [0.5, 0.6) is 0 Å². The number of piperazine rings is 3. The number of aromatic amines is 6. The summed E-state index contributed by atoms with van der Waals surface area (Å²) in [4.78, 5) is 105. The van der Waals surface area contributed by atoms with Gasteiger partial charge >= 0.3 is 11.8 Å². The van der Waals surface area contributed by atoms with Gasteiger partial charge in [-0.25, -0.2) is 15.0 Å². The van der Waals surface area contributed by atoms with Gasteiger partial charge in [0.2, 0.25) is 0 Å². The number of aliphatic hydroxyl groups is 3. The number of hydrogen-bond donors (Lipinski definition) is 12. The Bertz CT molecular complexity index is 5940. The highest BCUT2D eigenvalue weighted by Gasteiger charge is 2.47. The van der Waals surface area contributed by atoms with Crippen molar-refractivity contribution in [2.24, 2.45) is 0 Å². The van der Waals surface area contributed by atoms with Crippen molar-refractivity contribution in [3.05, 3.63) is 242 Å². The quantitative estimate of drug-likeness (QED) is 0.0237. The number of fused-ring (bicyclic) bond motifs is 3.